The summed E-state index contributed by atoms with van der Waals surface area (Å²) in [5.41, 5.74) is 0. The van der Waals surface area contributed by atoms with Gasteiger partial charge in [-0.15, -0.1) is 0 Å². The Labute approximate surface area is 91.0 Å². The third kappa shape index (κ3) is 3.91. The molecule has 15 heavy (non-hydrogen) atoms. The number of likely N-dealkylation sites (N-methyl/N-ethyl adjacent to an activating group) is 1. The van der Waals surface area contributed by atoms with Gasteiger partial charge in [0.2, 0.25) is 0 Å². The molecule has 1 unspecified atom stereocenters. The normalized spacial score (nSPS) is 20.0. The fourth-order valence-electron chi connectivity index (χ4n) is 1.71. The highest BCUT2D eigenvalue weighted by molar-refractivity contribution is 5.74. The van der Waals surface area contributed by atoms with Crippen molar-refractivity contribution >= 4 is 6.03 Å². The molecular weight excluding hydrogens is 192 g/mol. The van der Waals surface area contributed by atoms with E-state index >= 15 is 0 Å². The van der Waals surface area contributed by atoms with Gasteiger partial charge in [-0.1, -0.05) is 12.2 Å². The van der Waals surface area contributed by atoms with Crippen LogP contribution in [0.25, 0.3) is 0 Å². The van der Waals surface area contributed by atoms with Gasteiger partial charge in [0.1, 0.15) is 0 Å². The van der Waals surface area contributed by atoms with Gasteiger partial charge in [-0.2, -0.15) is 0 Å². The first-order chi connectivity index (χ1) is 7.27. The number of nitrogens with zero attached hydrogens (tertiary/aromatic N) is 1. The molecule has 0 spiro atoms. The molecule has 0 heterocycles. The van der Waals surface area contributed by atoms with Crippen molar-refractivity contribution in [3.05, 3.63) is 12.2 Å². The Morgan fingerprint density at radius 2 is 2.47 bits per heavy atom. The first kappa shape index (κ1) is 12.0. The molecule has 0 fully saturated rings. The predicted molar refractivity (Wildman–Crippen MR) is 59.6 cm³/mol. The van der Waals surface area contributed by atoms with E-state index in [0.717, 1.165) is 19.3 Å². The number of hydrogen-bond acceptors (Lipinski definition) is 2. The van der Waals surface area contributed by atoms with Gasteiger partial charge >= 0.3 is 6.03 Å². The van der Waals surface area contributed by atoms with Crippen LogP contribution in [0.1, 0.15) is 26.2 Å². The lowest BCUT2D eigenvalue weighted by Gasteiger charge is -2.24. The Morgan fingerprint density at radius 3 is 3.00 bits per heavy atom. The second-order valence-electron chi connectivity index (χ2n) is 3.72. The molecule has 0 aromatic heterocycles. The zero-order chi connectivity index (χ0) is 11.1. The Balaban J connectivity index is 2.38. The molecule has 0 aromatic carbocycles. The summed E-state index contributed by atoms with van der Waals surface area (Å²) in [6, 6.07) is 0.0853. The summed E-state index contributed by atoms with van der Waals surface area (Å²) in [6.07, 6.45) is 7.41. The van der Waals surface area contributed by atoms with Crippen LogP contribution in [0.5, 0.6) is 0 Å². The summed E-state index contributed by atoms with van der Waals surface area (Å²) >= 11 is 0. The van der Waals surface area contributed by atoms with Crippen LogP contribution in [0.3, 0.4) is 0 Å². The predicted octanol–water partition coefficient (Wildman–Crippen LogP) is 1.12. The molecule has 4 heteroatoms. The van der Waals surface area contributed by atoms with Crippen LogP contribution in [0, 0.1) is 0 Å². The summed E-state index contributed by atoms with van der Waals surface area (Å²) in [6.45, 7) is 2.95. The van der Waals surface area contributed by atoms with Gasteiger partial charge in [0.15, 0.2) is 0 Å². The van der Waals surface area contributed by atoms with E-state index in [4.69, 9.17) is 5.11 Å². The van der Waals surface area contributed by atoms with Gasteiger partial charge in [-0.25, -0.2) is 4.79 Å². The molecule has 86 valence electrons. The number of aliphatic hydroxyl groups excluding tert-OH is 1. The van der Waals surface area contributed by atoms with Crippen LogP contribution in [0.15, 0.2) is 12.2 Å². The van der Waals surface area contributed by atoms with Crippen molar-refractivity contribution < 1.29 is 9.90 Å². The summed E-state index contributed by atoms with van der Waals surface area (Å²) in [5.74, 6) is 0. The fraction of sp³-hybridized carbons (Fsp3) is 0.727. The molecule has 1 atom stereocenters. The lowest BCUT2D eigenvalue weighted by Crippen LogP contribution is -2.45. The summed E-state index contributed by atoms with van der Waals surface area (Å²) < 4.78 is 0. The third-order valence-corrected chi connectivity index (χ3v) is 2.60. The Kier molecular flexibility index (Phi) is 5.18. The minimum atomic E-state index is -0.0805. The highest BCUT2D eigenvalue weighted by Crippen LogP contribution is 2.10. The van der Waals surface area contributed by atoms with Gasteiger partial charge in [0.05, 0.1) is 6.61 Å². The smallest absolute Gasteiger partial charge is 0.317 e. The number of nitrogens with one attached hydrogen (secondary N) is 1. The minimum absolute atomic E-state index is 0.0156. The maximum atomic E-state index is 11.7. The first-order valence-electron chi connectivity index (χ1n) is 5.61. The van der Waals surface area contributed by atoms with Crippen molar-refractivity contribution in [3.63, 3.8) is 0 Å². The van der Waals surface area contributed by atoms with Crippen LogP contribution in [-0.2, 0) is 0 Å². The van der Waals surface area contributed by atoms with Gasteiger partial charge in [-0.3, -0.25) is 0 Å². The van der Waals surface area contributed by atoms with Crippen molar-refractivity contribution in [1.29, 1.82) is 0 Å². The number of rotatable bonds is 4. The highest BCUT2D eigenvalue weighted by Gasteiger charge is 2.15. The fourth-order valence-corrected chi connectivity index (χ4v) is 1.71. The number of amides is 2. The van der Waals surface area contributed by atoms with Crippen LogP contribution in [-0.4, -0.2) is 41.8 Å². The van der Waals surface area contributed by atoms with Crippen LogP contribution in [0.4, 0.5) is 4.79 Å². The Bertz CT molecular complexity index is 229. The minimum Gasteiger partial charge on any atom is -0.395 e. The average Bonchev–Trinajstić information content (AvgIpc) is 2.27. The number of carbonyl (C=O) groups is 1. The highest BCUT2D eigenvalue weighted by atomic mass is 16.3. The molecule has 0 aliphatic heterocycles. The summed E-state index contributed by atoms with van der Waals surface area (Å²) in [7, 11) is 0. The van der Waals surface area contributed by atoms with E-state index in [1.165, 1.54) is 0 Å². The van der Waals surface area contributed by atoms with Crippen molar-refractivity contribution in [2.75, 3.05) is 19.7 Å². The topological polar surface area (TPSA) is 52.6 Å². The molecular formula is C11H20N2O2. The average molecular weight is 212 g/mol. The van der Waals surface area contributed by atoms with E-state index in [1.807, 2.05) is 13.0 Å². The van der Waals surface area contributed by atoms with Crippen LogP contribution in [0.2, 0.25) is 0 Å². The molecule has 4 nitrogen and oxygen atoms in total. The van der Waals surface area contributed by atoms with Gasteiger partial charge < -0.3 is 15.3 Å². The van der Waals surface area contributed by atoms with E-state index in [2.05, 4.69) is 11.4 Å². The second-order valence-corrected chi connectivity index (χ2v) is 3.72. The van der Waals surface area contributed by atoms with Crippen LogP contribution >= 0.6 is 0 Å². The van der Waals surface area contributed by atoms with E-state index in [9.17, 15) is 4.79 Å². The van der Waals surface area contributed by atoms with E-state index in [-0.39, 0.29) is 18.7 Å². The van der Waals surface area contributed by atoms with Crippen molar-refractivity contribution in [2.24, 2.45) is 0 Å². The molecule has 1 aliphatic carbocycles. The Hall–Kier alpha value is -1.03. The maximum Gasteiger partial charge on any atom is 0.317 e. The van der Waals surface area contributed by atoms with Crippen molar-refractivity contribution in [3.8, 4) is 0 Å². The monoisotopic (exact) mass is 212 g/mol. The third-order valence-electron chi connectivity index (χ3n) is 2.60. The lowest BCUT2D eigenvalue weighted by atomic mass is 10.0. The molecule has 0 bridgehead atoms. The molecule has 0 radical (unpaired) electrons. The standard InChI is InChI=1S/C11H20N2O2/c1-2-13(8-9-14)11(15)12-10-6-4-3-5-7-10/h4,6,10,14H,2-3,5,7-9H2,1H3,(H,12,15). The number of hydrogen-bond donors (Lipinski definition) is 2. The number of urea groups is 1. The lowest BCUT2D eigenvalue weighted by molar-refractivity contribution is 0.178. The largest absolute Gasteiger partial charge is 0.395 e. The zero-order valence-corrected chi connectivity index (χ0v) is 9.28. The molecule has 0 saturated carbocycles. The quantitative estimate of drug-likeness (QED) is 0.686. The van der Waals surface area contributed by atoms with E-state index < -0.39 is 0 Å². The van der Waals surface area contributed by atoms with Crippen molar-refractivity contribution in [1.82, 2.24) is 10.2 Å². The maximum absolute atomic E-state index is 11.7. The molecule has 1 rings (SSSR count). The van der Waals surface area contributed by atoms with Gasteiger partial charge in [-0.05, 0) is 26.2 Å². The number of allylic oxidation sites excluding steroid dienone is 1. The Morgan fingerprint density at radius 1 is 1.67 bits per heavy atom. The first-order valence-corrected chi connectivity index (χ1v) is 5.61. The molecule has 1 aliphatic rings. The van der Waals surface area contributed by atoms with E-state index in [1.54, 1.807) is 4.90 Å². The molecule has 0 saturated heterocycles. The van der Waals surface area contributed by atoms with Gasteiger partial charge in [0, 0.05) is 19.1 Å². The number of aliphatic hydroxyl groups is 1. The zero-order valence-electron chi connectivity index (χ0n) is 9.28. The number of carbonyl (C=O) groups excluding carboxylic acids is 1. The molecule has 0 aromatic rings. The summed E-state index contributed by atoms with van der Waals surface area (Å²) in [4.78, 5) is 13.3. The molecule has 2 N–H and O–H groups in total. The van der Waals surface area contributed by atoms with Crippen molar-refractivity contribution in [2.45, 2.75) is 32.2 Å². The van der Waals surface area contributed by atoms with Gasteiger partial charge in [0.25, 0.3) is 0 Å². The SMILES string of the molecule is CCN(CCO)C(=O)NC1C=CCCC1. The summed E-state index contributed by atoms with van der Waals surface area (Å²) in [5, 5.41) is 11.7. The second kappa shape index (κ2) is 6.45. The van der Waals surface area contributed by atoms with Crippen LogP contribution < -0.4 is 5.32 Å². The van der Waals surface area contributed by atoms with E-state index in [0.29, 0.717) is 13.1 Å². The molecule has 2 amide bonds.